The second-order valence-electron chi connectivity index (χ2n) is 8.68. The molecule has 1 aromatic heterocycles. The first-order chi connectivity index (χ1) is 16.5. The van der Waals surface area contributed by atoms with E-state index in [9.17, 15) is 9.59 Å². The topological polar surface area (TPSA) is 79.3 Å². The number of hydrogen-bond acceptors (Lipinski definition) is 3. The summed E-state index contributed by atoms with van der Waals surface area (Å²) < 4.78 is 1.84. The van der Waals surface area contributed by atoms with Gasteiger partial charge in [-0.05, 0) is 48.2 Å². The lowest BCUT2D eigenvalue weighted by atomic mass is 9.94. The Bertz CT molecular complexity index is 1130. The van der Waals surface area contributed by atoms with E-state index in [1.807, 2.05) is 48.3 Å². The van der Waals surface area contributed by atoms with Gasteiger partial charge in [0.1, 0.15) is 0 Å². The molecule has 1 saturated carbocycles. The number of rotatable bonds is 7. The summed E-state index contributed by atoms with van der Waals surface area (Å²) in [5.41, 5.74) is 3.08. The molecule has 4 rings (SSSR count). The highest BCUT2D eigenvalue weighted by atomic mass is 35.5. The van der Waals surface area contributed by atoms with E-state index in [2.05, 4.69) is 15.7 Å². The number of hydrogen-bond donors (Lipinski definition) is 2. The number of urea groups is 1. The summed E-state index contributed by atoms with van der Waals surface area (Å²) in [5, 5.41) is 10.3. The predicted octanol–water partition coefficient (Wildman–Crippen LogP) is 5.31. The number of anilines is 1. The van der Waals surface area contributed by atoms with E-state index < -0.39 is 0 Å². The first kappa shape index (κ1) is 23.8. The monoisotopic (exact) mass is 479 g/mol. The SMILES string of the molecule is CN(C(=O)c1ccc(NC(=O)NCc2ccccc2Cn2cccn2)cc1Cl)C1CCCCC1. The second-order valence-corrected chi connectivity index (χ2v) is 9.09. The minimum atomic E-state index is -0.344. The third-order valence-electron chi connectivity index (χ3n) is 6.35. The van der Waals surface area contributed by atoms with Crippen molar-refractivity contribution >= 4 is 29.2 Å². The van der Waals surface area contributed by atoms with Crippen molar-refractivity contribution < 1.29 is 9.59 Å². The zero-order valence-electron chi connectivity index (χ0n) is 19.3. The smallest absolute Gasteiger partial charge is 0.319 e. The van der Waals surface area contributed by atoms with Crippen molar-refractivity contribution in [2.45, 2.75) is 51.2 Å². The molecule has 3 amide bonds. The maximum Gasteiger partial charge on any atom is 0.319 e. The van der Waals surface area contributed by atoms with Crippen molar-refractivity contribution in [1.82, 2.24) is 20.0 Å². The Morgan fingerprint density at radius 2 is 1.85 bits per heavy atom. The van der Waals surface area contributed by atoms with Gasteiger partial charge < -0.3 is 15.5 Å². The molecule has 0 aliphatic heterocycles. The molecule has 2 N–H and O–H groups in total. The van der Waals surface area contributed by atoms with Crippen LogP contribution in [-0.2, 0) is 13.1 Å². The highest BCUT2D eigenvalue weighted by Gasteiger charge is 2.24. The minimum Gasteiger partial charge on any atom is -0.339 e. The molecule has 0 atom stereocenters. The molecule has 178 valence electrons. The molecule has 2 aromatic carbocycles. The van der Waals surface area contributed by atoms with Crippen molar-refractivity contribution in [2.75, 3.05) is 12.4 Å². The molecule has 0 saturated heterocycles. The van der Waals surface area contributed by atoms with Gasteiger partial charge in [-0.25, -0.2) is 4.79 Å². The average Bonchev–Trinajstić information content (AvgIpc) is 3.36. The van der Waals surface area contributed by atoms with E-state index in [1.54, 1.807) is 29.3 Å². The van der Waals surface area contributed by atoms with Gasteiger partial charge in [-0.2, -0.15) is 5.10 Å². The van der Waals surface area contributed by atoms with Gasteiger partial charge in [0.25, 0.3) is 5.91 Å². The van der Waals surface area contributed by atoms with E-state index in [4.69, 9.17) is 11.6 Å². The van der Waals surface area contributed by atoms with Crippen LogP contribution in [0.25, 0.3) is 0 Å². The average molecular weight is 480 g/mol. The molecule has 1 aliphatic carbocycles. The van der Waals surface area contributed by atoms with Gasteiger partial charge in [0.2, 0.25) is 0 Å². The molecular weight excluding hydrogens is 450 g/mol. The molecule has 7 nitrogen and oxygen atoms in total. The van der Waals surface area contributed by atoms with Gasteiger partial charge in [-0.1, -0.05) is 55.1 Å². The lowest BCUT2D eigenvalue weighted by Crippen LogP contribution is -2.38. The van der Waals surface area contributed by atoms with E-state index in [0.29, 0.717) is 29.4 Å². The Labute approximate surface area is 205 Å². The highest BCUT2D eigenvalue weighted by molar-refractivity contribution is 6.34. The molecule has 34 heavy (non-hydrogen) atoms. The summed E-state index contributed by atoms with van der Waals surface area (Å²) in [6.45, 7) is 1.01. The van der Waals surface area contributed by atoms with Gasteiger partial charge in [-0.15, -0.1) is 0 Å². The van der Waals surface area contributed by atoms with Crippen molar-refractivity contribution in [3.8, 4) is 0 Å². The van der Waals surface area contributed by atoms with E-state index >= 15 is 0 Å². The fourth-order valence-corrected chi connectivity index (χ4v) is 4.66. The van der Waals surface area contributed by atoms with Gasteiger partial charge >= 0.3 is 6.03 Å². The first-order valence-corrected chi connectivity index (χ1v) is 12.0. The summed E-state index contributed by atoms with van der Waals surface area (Å²) in [4.78, 5) is 27.2. The van der Waals surface area contributed by atoms with Crippen LogP contribution in [0.3, 0.4) is 0 Å². The number of halogens is 1. The molecule has 0 unspecified atom stereocenters. The van der Waals surface area contributed by atoms with Gasteiger partial charge in [0, 0.05) is 37.7 Å². The molecular formula is C26H30ClN5O2. The van der Waals surface area contributed by atoms with E-state index in [1.165, 1.54) is 6.42 Å². The summed E-state index contributed by atoms with van der Waals surface area (Å²) in [6.07, 6.45) is 9.25. The number of benzene rings is 2. The summed E-state index contributed by atoms with van der Waals surface area (Å²) in [5.74, 6) is -0.0818. The Morgan fingerprint density at radius 3 is 2.56 bits per heavy atom. The number of carbonyl (C=O) groups excluding carboxylic acids is 2. The summed E-state index contributed by atoms with van der Waals surface area (Å²) in [6, 6.07) is 14.7. The zero-order valence-corrected chi connectivity index (χ0v) is 20.1. The maximum atomic E-state index is 12.9. The van der Waals surface area contributed by atoms with Crippen LogP contribution in [-0.4, -0.2) is 39.7 Å². The van der Waals surface area contributed by atoms with Crippen molar-refractivity contribution in [2.24, 2.45) is 0 Å². The number of aromatic nitrogens is 2. The molecule has 0 radical (unpaired) electrons. The largest absolute Gasteiger partial charge is 0.339 e. The number of nitrogens with one attached hydrogen (secondary N) is 2. The van der Waals surface area contributed by atoms with Crippen molar-refractivity contribution in [3.05, 3.63) is 82.6 Å². The minimum absolute atomic E-state index is 0.0818. The van der Waals surface area contributed by atoms with Crippen LogP contribution in [0.1, 0.15) is 53.6 Å². The van der Waals surface area contributed by atoms with Gasteiger partial charge in [-0.3, -0.25) is 9.48 Å². The summed E-state index contributed by atoms with van der Waals surface area (Å²) >= 11 is 6.42. The van der Waals surface area contributed by atoms with Crippen LogP contribution in [0, 0.1) is 0 Å². The van der Waals surface area contributed by atoms with Gasteiger partial charge in [0.15, 0.2) is 0 Å². The van der Waals surface area contributed by atoms with Gasteiger partial charge in [0.05, 0.1) is 17.1 Å². The molecule has 1 aliphatic rings. The number of carbonyl (C=O) groups is 2. The Hall–Kier alpha value is -3.32. The van der Waals surface area contributed by atoms with Crippen LogP contribution >= 0.6 is 11.6 Å². The second kappa shape index (κ2) is 11.2. The van der Waals surface area contributed by atoms with Crippen LogP contribution in [0.4, 0.5) is 10.5 Å². The number of amides is 3. The predicted molar refractivity (Wildman–Crippen MR) is 134 cm³/mol. The lowest BCUT2D eigenvalue weighted by molar-refractivity contribution is 0.0696. The highest BCUT2D eigenvalue weighted by Crippen LogP contribution is 2.26. The van der Waals surface area contributed by atoms with Crippen LogP contribution in [0.15, 0.2) is 60.9 Å². The van der Waals surface area contributed by atoms with E-state index in [0.717, 1.165) is 36.8 Å². The fourth-order valence-electron chi connectivity index (χ4n) is 4.39. The molecule has 1 fully saturated rings. The first-order valence-electron chi connectivity index (χ1n) is 11.7. The Kier molecular flexibility index (Phi) is 7.85. The van der Waals surface area contributed by atoms with Crippen molar-refractivity contribution in [1.29, 1.82) is 0 Å². The molecule has 3 aromatic rings. The van der Waals surface area contributed by atoms with E-state index in [-0.39, 0.29) is 18.0 Å². The lowest BCUT2D eigenvalue weighted by Gasteiger charge is -2.31. The molecule has 0 bridgehead atoms. The molecule has 0 spiro atoms. The fraction of sp³-hybridized carbons (Fsp3) is 0.346. The number of nitrogens with zero attached hydrogens (tertiary/aromatic N) is 3. The van der Waals surface area contributed by atoms with Crippen LogP contribution in [0.5, 0.6) is 0 Å². The van der Waals surface area contributed by atoms with Crippen molar-refractivity contribution in [3.63, 3.8) is 0 Å². The van der Waals surface area contributed by atoms with Crippen LogP contribution < -0.4 is 10.6 Å². The normalized spacial score (nSPS) is 13.9. The molecule has 8 heteroatoms. The summed E-state index contributed by atoms with van der Waals surface area (Å²) in [7, 11) is 1.85. The molecule has 1 heterocycles. The zero-order chi connectivity index (χ0) is 23.9. The van der Waals surface area contributed by atoms with Crippen LogP contribution in [0.2, 0.25) is 5.02 Å². The maximum absolute atomic E-state index is 12.9. The standard InChI is InChI=1S/C26H30ClN5O2/c1-31(22-10-3-2-4-11-22)25(33)23-13-12-21(16-24(23)27)30-26(34)28-17-19-8-5-6-9-20(19)18-32-15-7-14-29-32/h5-9,12-16,22H,2-4,10-11,17-18H2,1H3,(H2,28,30,34). The Morgan fingerprint density at radius 1 is 1.09 bits per heavy atom. The third kappa shape index (κ3) is 5.97. The quantitative estimate of drug-likeness (QED) is 0.482. The Balaban J connectivity index is 1.34. The third-order valence-corrected chi connectivity index (χ3v) is 6.66.